The van der Waals surface area contributed by atoms with Gasteiger partial charge in [-0.25, -0.2) is 9.50 Å². The van der Waals surface area contributed by atoms with Crippen LogP contribution < -0.4 is 5.56 Å². The fourth-order valence-electron chi connectivity index (χ4n) is 3.29. The van der Waals surface area contributed by atoms with Gasteiger partial charge in [0, 0.05) is 24.4 Å². The van der Waals surface area contributed by atoms with Gasteiger partial charge in [0.1, 0.15) is 0 Å². The molecule has 118 valence electrons. The van der Waals surface area contributed by atoms with Crippen molar-refractivity contribution < 1.29 is 0 Å². The number of H-pyrrole nitrogens is 1. The maximum atomic E-state index is 12.4. The average Bonchev–Trinajstić information content (AvgIpc) is 3.01. The summed E-state index contributed by atoms with van der Waals surface area (Å²) in [6.07, 6.45) is 5.63. The van der Waals surface area contributed by atoms with Crippen molar-refractivity contribution in [3.8, 4) is 11.1 Å². The van der Waals surface area contributed by atoms with Gasteiger partial charge in [-0.2, -0.15) is 0 Å². The molecule has 1 aliphatic heterocycles. The SMILES string of the molecule is O=c1cc(CN2CCCCC2)nc2c(-c3ccccc3)c[nH]n12. The number of hydrogen-bond donors (Lipinski definition) is 1. The Morgan fingerprint density at radius 1 is 1.09 bits per heavy atom. The molecule has 1 fully saturated rings. The molecule has 0 atom stereocenters. The van der Waals surface area contributed by atoms with E-state index < -0.39 is 0 Å². The number of hydrogen-bond acceptors (Lipinski definition) is 3. The number of fused-ring (bicyclic) bond motifs is 1. The van der Waals surface area contributed by atoms with E-state index in [9.17, 15) is 4.79 Å². The molecule has 1 N–H and O–H groups in total. The van der Waals surface area contributed by atoms with Crippen molar-refractivity contribution in [2.24, 2.45) is 0 Å². The molecule has 1 aliphatic rings. The zero-order valence-electron chi connectivity index (χ0n) is 13.0. The molecule has 0 unspecified atom stereocenters. The highest BCUT2D eigenvalue weighted by atomic mass is 16.1. The second-order valence-electron chi connectivity index (χ2n) is 6.13. The van der Waals surface area contributed by atoms with Crippen LogP contribution in [0.25, 0.3) is 16.8 Å². The largest absolute Gasteiger partial charge is 0.298 e. The molecule has 0 radical (unpaired) electrons. The van der Waals surface area contributed by atoms with E-state index in [1.54, 1.807) is 6.07 Å². The Kier molecular flexibility index (Phi) is 3.71. The second-order valence-corrected chi connectivity index (χ2v) is 6.13. The highest BCUT2D eigenvalue weighted by Gasteiger charge is 2.14. The lowest BCUT2D eigenvalue weighted by atomic mass is 10.1. The fraction of sp³-hybridized carbons (Fsp3) is 0.333. The van der Waals surface area contributed by atoms with E-state index in [1.165, 1.54) is 23.8 Å². The Hall–Kier alpha value is -2.40. The van der Waals surface area contributed by atoms with Crippen LogP contribution >= 0.6 is 0 Å². The Bertz CT molecular complexity index is 860. The molecular weight excluding hydrogens is 288 g/mol. The zero-order valence-corrected chi connectivity index (χ0v) is 13.0. The first-order valence-corrected chi connectivity index (χ1v) is 8.19. The van der Waals surface area contributed by atoms with Crippen molar-refractivity contribution >= 4 is 5.65 Å². The van der Waals surface area contributed by atoms with E-state index >= 15 is 0 Å². The number of nitrogens with zero attached hydrogens (tertiary/aromatic N) is 3. The van der Waals surface area contributed by atoms with Gasteiger partial charge in [-0.05, 0) is 31.5 Å². The van der Waals surface area contributed by atoms with E-state index in [0.29, 0.717) is 5.65 Å². The van der Waals surface area contributed by atoms with Crippen molar-refractivity contribution in [3.05, 3.63) is 58.6 Å². The van der Waals surface area contributed by atoms with E-state index in [2.05, 4.69) is 10.00 Å². The number of piperidine rings is 1. The van der Waals surface area contributed by atoms with Gasteiger partial charge >= 0.3 is 0 Å². The van der Waals surface area contributed by atoms with Gasteiger partial charge < -0.3 is 0 Å². The minimum Gasteiger partial charge on any atom is -0.298 e. The molecular formula is C18H20N4O. The Balaban J connectivity index is 1.74. The third-order valence-electron chi connectivity index (χ3n) is 4.47. The smallest absolute Gasteiger partial charge is 0.272 e. The lowest BCUT2D eigenvalue weighted by Crippen LogP contribution is -2.30. The topological polar surface area (TPSA) is 53.4 Å². The number of benzene rings is 1. The molecule has 2 aromatic heterocycles. The van der Waals surface area contributed by atoms with Gasteiger partial charge in [0.25, 0.3) is 5.56 Å². The van der Waals surface area contributed by atoms with Crippen molar-refractivity contribution in [2.45, 2.75) is 25.8 Å². The minimum absolute atomic E-state index is 0.0517. The van der Waals surface area contributed by atoms with Crippen LogP contribution in [0.4, 0.5) is 0 Å². The van der Waals surface area contributed by atoms with Gasteiger partial charge in [-0.15, -0.1) is 0 Å². The van der Waals surface area contributed by atoms with Gasteiger partial charge in [-0.1, -0.05) is 36.8 Å². The van der Waals surface area contributed by atoms with Crippen LogP contribution in [-0.4, -0.2) is 32.6 Å². The molecule has 0 aliphatic carbocycles. The highest BCUT2D eigenvalue weighted by molar-refractivity contribution is 5.76. The zero-order chi connectivity index (χ0) is 15.6. The molecule has 3 aromatic rings. The van der Waals surface area contributed by atoms with Crippen LogP contribution in [0.15, 0.2) is 47.4 Å². The molecule has 5 heteroatoms. The normalized spacial score (nSPS) is 16.0. The van der Waals surface area contributed by atoms with Crippen LogP contribution in [0, 0.1) is 0 Å². The molecule has 3 heterocycles. The summed E-state index contributed by atoms with van der Waals surface area (Å²) in [6.45, 7) is 2.95. The third kappa shape index (κ3) is 2.80. The Morgan fingerprint density at radius 3 is 2.65 bits per heavy atom. The van der Waals surface area contributed by atoms with Crippen LogP contribution in [0.2, 0.25) is 0 Å². The summed E-state index contributed by atoms with van der Waals surface area (Å²) in [5.41, 5.74) is 3.53. The molecule has 1 aromatic carbocycles. The standard InChI is InChI=1S/C18H20N4O/c23-17-11-15(13-21-9-5-2-6-10-21)20-18-16(12-19-22(17)18)14-7-3-1-4-8-14/h1,3-4,7-8,11-12,19H,2,5-6,9-10,13H2. The molecule has 23 heavy (non-hydrogen) atoms. The second kappa shape index (κ2) is 6.01. The van der Waals surface area contributed by atoms with Crippen LogP contribution in [-0.2, 0) is 6.54 Å². The van der Waals surface area contributed by atoms with Crippen molar-refractivity contribution in [2.75, 3.05) is 13.1 Å². The lowest BCUT2D eigenvalue weighted by molar-refractivity contribution is 0.218. The monoisotopic (exact) mass is 308 g/mol. The van der Waals surface area contributed by atoms with Gasteiger partial charge in [0.15, 0.2) is 5.65 Å². The number of nitrogens with one attached hydrogen (secondary N) is 1. The fourth-order valence-corrected chi connectivity index (χ4v) is 3.29. The van der Waals surface area contributed by atoms with E-state index in [4.69, 9.17) is 4.98 Å². The van der Waals surface area contributed by atoms with Crippen LogP contribution in [0.3, 0.4) is 0 Å². The summed E-state index contributed by atoms with van der Waals surface area (Å²) < 4.78 is 1.52. The van der Waals surface area contributed by atoms with E-state index in [-0.39, 0.29) is 5.56 Å². The predicted molar refractivity (Wildman–Crippen MR) is 90.4 cm³/mol. The summed E-state index contributed by atoms with van der Waals surface area (Å²) in [6, 6.07) is 11.7. The van der Waals surface area contributed by atoms with Gasteiger partial charge in [-0.3, -0.25) is 14.8 Å². The number of rotatable bonds is 3. The minimum atomic E-state index is -0.0517. The maximum Gasteiger partial charge on any atom is 0.272 e. The first-order valence-electron chi connectivity index (χ1n) is 8.19. The molecule has 0 amide bonds. The summed E-state index contributed by atoms with van der Waals surface area (Å²) in [5, 5.41) is 3.01. The predicted octanol–water partition coefficient (Wildman–Crippen LogP) is 2.68. The number of aromatic nitrogens is 3. The van der Waals surface area contributed by atoms with Gasteiger partial charge in [0.2, 0.25) is 0 Å². The van der Waals surface area contributed by atoms with Crippen molar-refractivity contribution in [3.63, 3.8) is 0 Å². The van der Waals surface area contributed by atoms with Crippen molar-refractivity contribution in [1.29, 1.82) is 0 Å². The van der Waals surface area contributed by atoms with E-state index in [1.807, 2.05) is 36.5 Å². The lowest BCUT2D eigenvalue weighted by Gasteiger charge is -2.25. The molecule has 0 bridgehead atoms. The quantitative estimate of drug-likeness (QED) is 0.809. The molecule has 0 saturated carbocycles. The third-order valence-corrected chi connectivity index (χ3v) is 4.47. The maximum absolute atomic E-state index is 12.4. The highest BCUT2D eigenvalue weighted by Crippen LogP contribution is 2.22. The average molecular weight is 308 g/mol. The first kappa shape index (κ1) is 14.2. The molecule has 5 nitrogen and oxygen atoms in total. The summed E-state index contributed by atoms with van der Waals surface area (Å²) in [5.74, 6) is 0. The number of aromatic amines is 1. The van der Waals surface area contributed by atoms with Crippen LogP contribution in [0.5, 0.6) is 0 Å². The Morgan fingerprint density at radius 2 is 1.87 bits per heavy atom. The Labute approximate surface area is 134 Å². The molecule has 1 saturated heterocycles. The van der Waals surface area contributed by atoms with Gasteiger partial charge in [0.05, 0.1) is 5.69 Å². The van der Waals surface area contributed by atoms with Crippen molar-refractivity contribution in [1.82, 2.24) is 19.5 Å². The summed E-state index contributed by atoms with van der Waals surface area (Å²) in [7, 11) is 0. The first-order chi connectivity index (χ1) is 11.3. The molecule has 4 rings (SSSR count). The van der Waals surface area contributed by atoms with Crippen LogP contribution in [0.1, 0.15) is 25.0 Å². The number of likely N-dealkylation sites (tertiary alicyclic amines) is 1. The molecule has 0 spiro atoms. The summed E-state index contributed by atoms with van der Waals surface area (Å²) >= 11 is 0. The van der Waals surface area contributed by atoms with E-state index in [0.717, 1.165) is 36.5 Å². The summed E-state index contributed by atoms with van der Waals surface area (Å²) in [4.78, 5) is 19.5.